The molecule has 0 aliphatic carbocycles. The first-order valence-electron chi connectivity index (χ1n) is 5.09. The van der Waals surface area contributed by atoms with Crippen LogP contribution in [-0.4, -0.2) is 5.91 Å². The lowest BCUT2D eigenvalue weighted by molar-refractivity contribution is 0.102. The smallest absolute Gasteiger partial charge is 0.257 e. The minimum absolute atomic E-state index is 0.272. The fraction of sp³-hybridized carbons (Fsp3) is 0. The van der Waals surface area contributed by atoms with Gasteiger partial charge in [-0.1, -0.05) is 35.3 Å². The number of nitrogens with one attached hydrogen (secondary N) is 1. The summed E-state index contributed by atoms with van der Waals surface area (Å²) >= 11 is 14.1. The van der Waals surface area contributed by atoms with Gasteiger partial charge in [-0.2, -0.15) is 0 Å². The van der Waals surface area contributed by atoms with Crippen molar-refractivity contribution in [3.05, 3.63) is 61.6 Å². The molecule has 1 amide bonds. The summed E-state index contributed by atoms with van der Waals surface area (Å²) in [7, 11) is 0. The van der Waals surface area contributed by atoms with Gasteiger partial charge in [-0.25, -0.2) is 0 Å². The lowest BCUT2D eigenvalue weighted by Crippen LogP contribution is -2.13. The Balaban J connectivity index is 2.28. The van der Waals surface area contributed by atoms with Crippen molar-refractivity contribution in [2.45, 2.75) is 0 Å². The molecule has 0 heterocycles. The predicted octanol–water partition coefficient (Wildman–Crippen LogP) is 4.85. The molecule has 0 aromatic heterocycles. The van der Waals surface area contributed by atoms with Crippen LogP contribution in [0.2, 0.25) is 10.0 Å². The quantitative estimate of drug-likeness (QED) is 0.728. The highest BCUT2D eigenvalue weighted by atomic mass is 127. The maximum absolute atomic E-state index is 12.1. The van der Waals surface area contributed by atoms with Crippen LogP contribution in [0.25, 0.3) is 0 Å². The standard InChI is InChI=1S/C13H8Cl2INO/c14-10-6-5-8(16)7-9(10)13(18)17-12-4-2-1-3-11(12)15/h1-7H,(H,17,18). The summed E-state index contributed by atoms with van der Waals surface area (Å²) in [5, 5.41) is 3.65. The lowest BCUT2D eigenvalue weighted by Gasteiger charge is -2.08. The zero-order valence-electron chi connectivity index (χ0n) is 9.08. The molecule has 0 saturated carbocycles. The van der Waals surface area contributed by atoms with E-state index < -0.39 is 0 Å². The van der Waals surface area contributed by atoms with Gasteiger partial charge in [0.15, 0.2) is 0 Å². The zero-order valence-corrected chi connectivity index (χ0v) is 12.8. The van der Waals surface area contributed by atoms with Crippen LogP contribution in [-0.2, 0) is 0 Å². The van der Waals surface area contributed by atoms with Gasteiger partial charge in [0.25, 0.3) is 5.91 Å². The van der Waals surface area contributed by atoms with Crippen LogP contribution in [0.4, 0.5) is 5.69 Å². The number of benzene rings is 2. The van der Waals surface area contributed by atoms with E-state index in [1.807, 2.05) is 6.07 Å². The molecule has 2 rings (SSSR count). The van der Waals surface area contributed by atoms with Gasteiger partial charge in [0.1, 0.15) is 0 Å². The Morgan fingerprint density at radius 2 is 1.78 bits per heavy atom. The van der Waals surface area contributed by atoms with Gasteiger partial charge < -0.3 is 5.32 Å². The average Bonchev–Trinajstić information content (AvgIpc) is 2.35. The molecule has 0 unspecified atom stereocenters. The minimum Gasteiger partial charge on any atom is -0.321 e. The summed E-state index contributed by atoms with van der Waals surface area (Å²) in [5.41, 5.74) is 1.00. The molecule has 0 atom stereocenters. The zero-order chi connectivity index (χ0) is 13.1. The van der Waals surface area contributed by atoms with Gasteiger partial charge in [0.05, 0.1) is 21.3 Å². The SMILES string of the molecule is O=C(Nc1ccccc1Cl)c1cc(I)ccc1Cl. The molecule has 2 aromatic carbocycles. The molecule has 5 heteroatoms. The Kier molecular flexibility index (Phi) is 4.48. The van der Waals surface area contributed by atoms with E-state index in [0.29, 0.717) is 21.3 Å². The highest BCUT2D eigenvalue weighted by molar-refractivity contribution is 14.1. The number of halogens is 3. The topological polar surface area (TPSA) is 29.1 Å². The number of carbonyl (C=O) groups is 1. The first kappa shape index (κ1) is 13.6. The fourth-order valence-corrected chi connectivity index (χ4v) is 2.30. The van der Waals surface area contributed by atoms with E-state index in [9.17, 15) is 4.79 Å². The summed E-state index contributed by atoms with van der Waals surface area (Å²) in [6.45, 7) is 0. The van der Waals surface area contributed by atoms with E-state index in [1.165, 1.54) is 0 Å². The third-order valence-electron chi connectivity index (χ3n) is 2.30. The van der Waals surface area contributed by atoms with E-state index >= 15 is 0 Å². The summed E-state index contributed by atoms with van der Waals surface area (Å²) in [4.78, 5) is 12.1. The van der Waals surface area contributed by atoms with Crippen LogP contribution in [0.15, 0.2) is 42.5 Å². The Bertz CT molecular complexity index is 601. The van der Waals surface area contributed by atoms with E-state index in [4.69, 9.17) is 23.2 Å². The number of hydrogen-bond acceptors (Lipinski definition) is 1. The van der Waals surface area contributed by atoms with Crippen molar-refractivity contribution < 1.29 is 4.79 Å². The van der Waals surface area contributed by atoms with Crippen LogP contribution >= 0.6 is 45.8 Å². The summed E-state index contributed by atoms with van der Waals surface area (Å²) in [5.74, 6) is -0.272. The molecule has 18 heavy (non-hydrogen) atoms. The molecule has 0 bridgehead atoms. The van der Waals surface area contributed by atoms with Crippen molar-refractivity contribution in [3.8, 4) is 0 Å². The average molecular weight is 392 g/mol. The van der Waals surface area contributed by atoms with Crippen molar-refractivity contribution in [2.75, 3.05) is 5.32 Å². The third kappa shape index (κ3) is 3.16. The number of rotatable bonds is 2. The van der Waals surface area contributed by atoms with Gasteiger partial charge in [0, 0.05) is 3.57 Å². The minimum atomic E-state index is -0.272. The van der Waals surface area contributed by atoms with Crippen molar-refractivity contribution in [1.29, 1.82) is 0 Å². The molecule has 0 aliphatic rings. The second-order valence-electron chi connectivity index (χ2n) is 3.56. The van der Waals surface area contributed by atoms with Crippen LogP contribution in [0.5, 0.6) is 0 Å². The second-order valence-corrected chi connectivity index (χ2v) is 5.62. The largest absolute Gasteiger partial charge is 0.321 e. The molecule has 0 radical (unpaired) electrons. The maximum Gasteiger partial charge on any atom is 0.257 e. The van der Waals surface area contributed by atoms with Crippen molar-refractivity contribution in [2.24, 2.45) is 0 Å². The monoisotopic (exact) mass is 391 g/mol. The number of amides is 1. The van der Waals surface area contributed by atoms with Gasteiger partial charge in [-0.3, -0.25) is 4.79 Å². The van der Waals surface area contributed by atoms with Gasteiger partial charge in [0.2, 0.25) is 0 Å². The third-order valence-corrected chi connectivity index (χ3v) is 3.63. The molecule has 2 nitrogen and oxygen atoms in total. The first-order chi connectivity index (χ1) is 8.58. The Hall–Kier alpha value is -0.780. The summed E-state index contributed by atoms with van der Waals surface area (Å²) in [6, 6.07) is 12.3. The van der Waals surface area contributed by atoms with Gasteiger partial charge >= 0.3 is 0 Å². The molecule has 0 aliphatic heterocycles. The molecule has 2 aromatic rings. The normalized spacial score (nSPS) is 10.2. The van der Waals surface area contributed by atoms with E-state index in [0.717, 1.165) is 3.57 Å². The second kappa shape index (κ2) is 5.91. The number of para-hydroxylation sites is 1. The van der Waals surface area contributed by atoms with Crippen molar-refractivity contribution in [1.82, 2.24) is 0 Å². The molecule has 0 saturated heterocycles. The highest BCUT2D eigenvalue weighted by Crippen LogP contribution is 2.24. The summed E-state index contributed by atoms with van der Waals surface area (Å²) in [6.07, 6.45) is 0. The molecule has 0 spiro atoms. The van der Waals surface area contributed by atoms with Crippen LogP contribution in [0.1, 0.15) is 10.4 Å². The van der Waals surface area contributed by atoms with Gasteiger partial charge in [-0.05, 0) is 52.9 Å². The number of anilines is 1. The fourth-order valence-electron chi connectivity index (χ4n) is 1.42. The molecule has 92 valence electrons. The predicted molar refractivity (Wildman–Crippen MR) is 83.6 cm³/mol. The Morgan fingerprint density at radius 1 is 1.06 bits per heavy atom. The van der Waals surface area contributed by atoms with Crippen LogP contribution in [0.3, 0.4) is 0 Å². The summed E-state index contributed by atoms with van der Waals surface area (Å²) < 4.78 is 0.946. The van der Waals surface area contributed by atoms with Gasteiger partial charge in [-0.15, -0.1) is 0 Å². The number of carbonyl (C=O) groups excluding carboxylic acids is 1. The highest BCUT2D eigenvalue weighted by Gasteiger charge is 2.12. The Morgan fingerprint density at radius 3 is 2.50 bits per heavy atom. The van der Waals surface area contributed by atoms with E-state index in [1.54, 1.807) is 36.4 Å². The van der Waals surface area contributed by atoms with E-state index in [-0.39, 0.29) is 5.91 Å². The van der Waals surface area contributed by atoms with Crippen molar-refractivity contribution >= 4 is 57.4 Å². The first-order valence-corrected chi connectivity index (χ1v) is 6.92. The lowest BCUT2D eigenvalue weighted by atomic mass is 10.2. The van der Waals surface area contributed by atoms with Crippen molar-refractivity contribution in [3.63, 3.8) is 0 Å². The van der Waals surface area contributed by atoms with E-state index in [2.05, 4.69) is 27.9 Å². The maximum atomic E-state index is 12.1. The molecule has 1 N–H and O–H groups in total. The number of hydrogen-bond donors (Lipinski definition) is 1. The van der Waals surface area contributed by atoms with Crippen LogP contribution in [0, 0.1) is 3.57 Å². The Labute approximate surface area is 128 Å². The molecular formula is C13H8Cl2INO. The molecular weight excluding hydrogens is 384 g/mol. The van der Waals surface area contributed by atoms with Crippen LogP contribution < -0.4 is 5.32 Å². The molecule has 0 fully saturated rings.